The van der Waals surface area contributed by atoms with E-state index in [1.54, 1.807) is 24.3 Å². The number of hydrogen-bond donors (Lipinski definition) is 1. The predicted octanol–water partition coefficient (Wildman–Crippen LogP) is 2.96. The third-order valence-corrected chi connectivity index (χ3v) is 3.29. The van der Waals surface area contributed by atoms with Gasteiger partial charge in [-0.2, -0.15) is 0 Å². The summed E-state index contributed by atoms with van der Waals surface area (Å²) in [6.07, 6.45) is -0.159. The van der Waals surface area contributed by atoms with E-state index in [1.807, 2.05) is 0 Å². The standard InChI is InChI=1S/C13H11ClN2O5/c1-7-12(16(19)20)11(21-15-7)6-10(13(17)18)8-2-4-9(14)5-3-8/h2-5,10H,6H2,1H3,(H,17,18). The molecule has 2 rings (SSSR count). The number of nitro groups is 1. The Morgan fingerprint density at radius 2 is 2.10 bits per heavy atom. The number of aryl methyl sites for hydroxylation is 1. The van der Waals surface area contributed by atoms with Crippen LogP contribution in [0.4, 0.5) is 5.69 Å². The Hall–Kier alpha value is -2.41. The minimum absolute atomic E-state index is 0.0557. The van der Waals surface area contributed by atoms with Crippen molar-refractivity contribution in [2.24, 2.45) is 0 Å². The minimum atomic E-state index is -1.11. The SMILES string of the molecule is Cc1noc(CC(C(=O)O)c2ccc(Cl)cc2)c1[N+](=O)[O-]. The largest absolute Gasteiger partial charge is 0.481 e. The van der Waals surface area contributed by atoms with Gasteiger partial charge in [0.2, 0.25) is 5.76 Å². The van der Waals surface area contributed by atoms with E-state index in [2.05, 4.69) is 5.16 Å². The lowest BCUT2D eigenvalue weighted by Crippen LogP contribution is -2.14. The van der Waals surface area contributed by atoms with Gasteiger partial charge < -0.3 is 9.63 Å². The quantitative estimate of drug-likeness (QED) is 0.672. The Morgan fingerprint density at radius 1 is 1.48 bits per heavy atom. The number of benzene rings is 1. The molecule has 0 radical (unpaired) electrons. The van der Waals surface area contributed by atoms with Crippen LogP contribution in [0.25, 0.3) is 0 Å². The minimum Gasteiger partial charge on any atom is -0.481 e. The van der Waals surface area contributed by atoms with Crippen LogP contribution < -0.4 is 0 Å². The van der Waals surface area contributed by atoms with Gasteiger partial charge in [0.1, 0.15) is 0 Å². The van der Waals surface area contributed by atoms with E-state index in [-0.39, 0.29) is 23.6 Å². The predicted molar refractivity (Wildman–Crippen MR) is 73.4 cm³/mol. The Bertz CT molecular complexity index is 680. The first kappa shape index (κ1) is 15.0. The Labute approximate surface area is 124 Å². The molecule has 0 aliphatic carbocycles. The maximum atomic E-state index is 11.4. The number of carboxylic acids is 1. The number of rotatable bonds is 5. The van der Waals surface area contributed by atoms with E-state index < -0.39 is 16.8 Å². The first-order valence-corrected chi connectivity index (χ1v) is 6.35. The molecular weight excluding hydrogens is 300 g/mol. The van der Waals surface area contributed by atoms with E-state index in [4.69, 9.17) is 16.1 Å². The first-order valence-electron chi connectivity index (χ1n) is 5.98. The topological polar surface area (TPSA) is 106 Å². The van der Waals surface area contributed by atoms with Crippen LogP contribution in [0.2, 0.25) is 5.02 Å². The van der Waals surface area contributed by atoms with Crippen molar-refractivity contribution >= 4 is 23.3 Å². The van der Waals surface area contributed by atoms with Gasteiger partial charge in [0, 0.05) is 11.4 Å². The lowest BCUT2D eigenvalue weighted by Gasteiger charge is -2.10. The number of aliphatic carboxylic acids is 1. The number of carboxylic acid groups (broad SMARTS) is 1. The summed E-state index contributed by atoms with van der Waals surface area (Å²) in [5, 5.41) is 24.3. The second-order valence-electron chi connectivity index (χ2n) is 4.44. The van der Waals surface area contributed by atoms with Crippen molar-refractivity contribution in [3.8, 4) is 0 Å². The van der Waals surface area contributed by atoms with E-state index in [9.17, 15) is 20.0 Å². The van der Waals surface area contributed by atoms with Gasteiger partial charge in [0.15, 0.2) is 5.69 Å². The number of halogens is 1. The average Bonchev–Trinajstić information content (AvgIpc) is 2.78. The summed E-state index contributed by atoms with van der Waals surface area (Å²) in [7, 11) is 0. The molecule has 0 saturated carbocycles. The highest BCUT2D eigenvalue weighted by molar-refractivity contribution is 6.30. The van der Waals surface area contributed by atoms with Crippen LogP contribution in [0.3, 0.4) is 0 Å². The third-order valence-electron chi connectivity index (χ3n) is 3.04. The average molecular weight is 311 g/mol. The highest BCUT2D eigenvalue weighted by Crippen LogP contribution is 2.29. The van der Waals surface area contributed by atoms with Crippen LogP contribution in [0.5, 0.6) is 0 Å². The summed E-state index contributed by atoms with van der Waals surface area (Å²) < 4.78 is 4.90. The molecule has 1 aromatic heterocycles. The highest BCUT2D eigenvalue weighted by atomic mass is 35.5. The summed E-state index contributed by atoms with van der Waals surface area (Å²) in [4.78, 5) is 21.8. The van der Waals surface area contributed by atoms with E-state index in [0.717, 1.165) is 0 Å². The van der Waals surface area contributed by atoms with Crippen LogP contribution in [0.1, 0.15) is 22.9 Å². The van der Waals surface area contributed by atoms with Crippen molar-refractivity contribution in [1.29, 1.82) is 0 Å². The molecule has 8 heteroatoms. The zero-order valence-electron chi connectivity index (χ0n) is 10.9. The zero-order valence-corrected chi connectivity index (χ0v) is 11.7. The molecule has 1 heterocycles. The first-order chi connectivity index (χ1) is 9.90. The molecule has 1 unspecified atom stereocenters. The van der Waals surface area contributed by atoms with Crippen molar-refractivity contribution < 1.29 is 19.3 Å². The van der Waals surface area contributed by atoms with E-state index in [1.165, 1.54) is 6.92 Å². The summed E-state index contributed by atoms with van der Waals surface area (Å²) >= 11 is 5.76. The fraction of sp³-hybridized carbons (Fsp3) is 0.231. The summed E-state index contributed by atoms with van der Waals surface area (Å²) in [6, 6.07) is 6.26. The molecule has 21 heavy (non-hydrogen) atoms. The van der Waals surface area contributed by atoms with Gasteiger partial charge >= 0.3 is 11.7 Å². The van der Waals surface area contributed by atoms with E-state index >= 15 is 0 Å². The summed E-state index contributed by atoms with van der Waals surface area (Å²) in [5.41, 5.74) is 0.320. The molecule has 0 bridgehead atoms. The van der Waals surface area contributed by atoms with Crippen molar-refractivity contribution in [2.45, 2.75) is 19.3 Å². The van der Waals surface area contributed by atoms with Crippen LogP contribution in [0, 0.1) is 17.0 Å². The molecular formula is C13H11ClN2O5. The van der Waals surface area contributed by atoms with Crippen LogP contribution in [-0.4, -0.2) is 21.2 Å². The maximum Gasteiger partial charge on any atom is 0.334 e. The van der Waals surface area contributed by atoms with Crippen molar-refractivity contribution in [3.05, 3.63) is 56.4 Å². The Balaban J connectivity index is 2.35. The van der Waals surface area contributed by atoms with Crippen LogP contribution in [-0.2, 0) is 11.2 Å². The van der Waals surface area contributed by atoms with Gasteiger partial charge in [0.05, 0.1) is 10.8 Å². The van der Waals surface area contributed by atoms with Gasteiger partial charge in [-0.15, -0.1) is 0 Å². The number of carbonyl (C=O) groups is 1. The normalized spacial score (nSPS) is 12.1. The molecule has 1 aromatic carbocycles. The lowest BCUT2D eigenvalue weighted by atomic mass is 9.94. The smallest absolute Gasteiger partial charge is 0.334 e. The molecule has 0 saturated heterocycles. The molecule has 0 aliphatic heterocycles. The molecule has 0 spiro atoms. The zero-order chi connectivity index (χ0) is 15.6. The maximum absolute atomic E-state index is 11.4. The van der Waals surface area contributed by atoms with Gasteiger partial charge in [-0.25, -0.2) is 0 Å². The molecule has 7 nitrogen and oxygen atoms in total. The highest BCUT2D eigenvalue weighted by Gasteiger charge is 2.30. The second kappa shape index (κ2) is 5.92. The van der Waals surface area contributed by atoms with Gasteiger partial charge in [0.25, 0.3) is 0 Å². The van der Waals surface area contributed by atoms with Crippen molar-refractivity contribution in [3.63, 3.8) is 0 Å². The molecule has 1 N–H and O–H groups in total. The molecule has 2 aromatic rings. The Kier molecular flexibility index (Phi) is 4.23. The number of hydrogen-bond acceptors (Lipinski definition) is 5. The van der Waals surface area contributed by atoms with E-state index in [0.29, 0.717) is 10.6 Å². The molecule has 1 atom stereocenters. The fourth-order valence-electron chi connectivity index (χ4n) is 2.01. The molecule has 110 valence electrons. The molecule has 0 amide bonds. The van der Waals surface area contributed by atoms with Crippen LogP contribution >= 0.6 is 11.6 Å². The summed E-state index contributed by atoms with van der Waals surface area (Å²) in [6.45, 7) is 1.43. The Morgan fingerprint density at radius 3 is 2.62 bits per heavy atom. The monoisotopic (exact) mass is 310 g/mol. The molecule has 0 fully saturated rings. The number of aromatic nitrogens is 1. The fourth-order valence-corrected chi connectivity index (χ4v) is 2.13. The third kappa shape index (κ3) is 3.19. The molecule has 0 aliphatic rings. The van der Waals surface area contributed by atoms with Gasteiger partial charge in [-0.3, -0.25) is 14.9 Å². The number of nitrogens with zero attached hydrogens (tertiary/aromatic N) is 2. The second-order valence-corrected chi connectivity index (χ2v) is 4.88. The van der Waals surface area contributed by atoms with Crippen molar-refractivity contribution in [1.82, 2.24) is 5.16 Å². The van der Waals surface area contributed by atoms with Crippen molar-refractivity contribution in [2.75, 3.05) is 0 Å². The van der Waals surface area contributed by atoms with Crippen LogP contribution in [0.15, 0.2) is 28.8 Å². The lowest BCUT2D eigenvalue weighted by molar-refractivity contribution is -0.386. The summed E-state index contributed by atoms with van der Waals surface area (Å²) in [5.74, 6) is -2.14. The van der Waals surface area contributed by atoms with Gasteiger partial charge in [-0.1, -0.05) is 28.9 Å². The van der Waals surface area contributed by atoms with Gasteiger partial charge in [-0.05, 0) is 24.6 Å².